The molecule has 2 aliphatic rings. The number of amides is 1. The number of methoxy groups -OCH3 is 1. The minimum Gasteiger partial charge on any atom is -0.383 e. The van der Waals surface area contributed by atoms with Crippen LogP contribution in [-0.4, -0.2) is 37.7 Å². The molecule has 1 aliphatic heterocycles. The number of nitrogens with zero attached hydrogens (tertiary/aromatic N) is 1. The van der Waals surface area contributed by atoms with Gasteiger partial charge in [-0.05, 0) is 37.0 Å². The van der Waals surface area contributed by atoms with Crippen LogP contribution in [0.15, 0.2) is 4.99 Å². The van der Waals surface area contributed by atoms with Crippen LogP contribution in [0.2, 0.25) is 0 Å². The van der Waals surface area contributed by atoms with Crippen LogP contribution in [0.5, 0.6) is 0 Å². The van der Waals surface area contributed by atoms with E-state index in [1.54, 1.807) is 7.11 Å². The summed E-state index contributed by atoms with van der Waals surface area (Å²) in [6, 6.07) is 0. The lowest BCUT2D eigenvalue weighted by Crippen LogP contribution is -2.50. The summed E-state index contributed by atoms with van der Waals surface area (Å²) in [6.07, 6.45) is 3.97. The second-order valence-electron chi connectivity index (χ2n) is 7.02. The molecule has 2 fully saturated rings. The van der Waals surface area contributed by atoms with E-state index in [9.17, 15) is 4.79 Å². The molecule has 20 heavy (non-hydrogen) atoms. The van der Waals surface area contributed by atoms with Crippen molar-refractivity contribution in [2.24, 2.45) is 16.3 Å². The molecule has 5 heteroatoms. The van der Waals surface area contributed by atoms with E-state index in [1.165, 1.54) is 0 Å². The topological polar surface area (TPSA) is 62.7 Å². The quantitative estimate of drug-likeness (QED) is 0.774. The first kappa shape index (κ1) is 15.3. The molecule has 0 aromatic rings. The Morgan fingerprint density at radius 1 is 1.35 bits per heavy atom. The van der Waals surface area contributed by atoms with Crippen molar-refractivity contribution >= 4 is 11.9 Å². The van der Waals surface area contributed by atoms with Gasteiger partial charge in [0.25, 0.3) is 5.91 Å². The predicted molar refractivity (Wildman–Crippen MR) is 79.6 cm³/mol. The summed E-state index contributed by atoms with van der Waals surface area (Å²) in [7, 11) is 1.65. The molecule has 5 nitrogen and oxygen atoms in total. The number of hydrogen-bond acceptors (Lipinski definition) is 3. The Bertz CT molecular complexity index is 390. The van der Waals surface area contributed by atoms with Gasteiger partial charge in [0.05, 0.1) is 13.2 Å². The lowest BCUT2D eigenvalue weighted by atomic mass is 9.67. The van der Waals surface area contributed by atoms with E-state index in [1.807, 2.05) is 0 Å². The SMILES string of the molecule is COCCN=C1NC(=O)C2(CCC(C(C)(C)C)CC2)N1. The second kappa shape index (κ2) is 5.72. The van der Waals surface area contributed by atoms with Gasteiger partial charge in [0, 0.05) is 7.11 Å². The molecule has 0 bridgehead atoms. The molecule has 1 heterocycles. The molecule has 0 unspecified atom stereocenters. The molecule has 114 valence electrons. The van der Waals surface area contributed by atoms with Gasteiger partial charge in [-0.25, -0.2) is 0 Å². The Hall–Kier alpha value is -1.10. The van der Waals surface area contributed by atoms with Gasteiger partial charge in [0.1, 0.15) is 5.54 Å². The number of hydrogen-bond donors (Lipinski definition) is 2. The zero-order chi connectivity index (χ0) is 14.8. The highest BCUT2D eigenvalue weighted by molar-refractivity contribution is 6.09. The van der Waals surface area contributed by atoms with E-state index < -0.39 is 5.54 Å². The van der Waals surface area contributed by atoms with E-state index in [0.29, 0.717) is 30.4 Å². The molecule has 2 rings (SSSR count). The molecule has 1 aliphatic carbocycles. The molecule has 0 atom stereocenters. The highest BCUT2D eigenvalue weighted by Gasteiger charge is 2.48. The Morgan fingerprint density at radius 2 is 2.00 bits per heavy atom. The maximum atomic E-state index is 12.3. The average molecular weight is 281 g/mol. The van der Waals surface area contributed by atoms with Crippen LogP contribution in [0, 0.1) is 11.3 Å². The van der Waals surface area contributed by atoms with Gasteiger partial charge in [0.2, 0.25) is 0 Å². The smallest absolute Gasteiger partial charge is 0.252 e. The largest absolute Gasteiger partial charge is 0.383 e. The Labute approximate surface area is 121 Å². The van der Waals surface area contributed by atoms with Crippen molar-refractivity contribution in [1.29, 1.82) is 0 Å². The van der Waals surface area contributed by atoms with Crippen molar-refractivity contribution < 1.29 is 9.53 Å². The van der Waals surface area contributed by atoms with Gasteiger partial charge in [0.15, 0.2) is 5.96 Å². The number of carbonyl (C=O) groups excluding carboxylic acids is 1. The summed E-state index contributed by atoms with van der Waals surface area (Å²) in [6.45, 7) is 8.00. The first-order valence-electron chi connectivity index (χ1n) is 7.50. The van der Waals surface area contributed by atoms with Gasteiger partial charge in [-0.15, -0.1) is 0 Å². The normalized spacial score (nSPS) is 32.5. The monoisotopic (exact) mass is 281 g/mol. The van der Waals surface area contributed by atoms with Crippen LogP contribution < -0.4 is 10.6 Å². The van der Waals surface area contributed by atoms with Gasteiger partial charge in [-0.1, -0.05) is 20.8 Å². The predicted octanol–water partition coefficient (Wildman–Crippen LogP) is 1.68. The van der Waals surface area contributed by atoms with Crippen LogP contribution in [0.3, 0.4) is 0 Å². The van der Waals surface area contributed by atoms with Crippen LogP contribution in [0.25, 0.3) is 0 Å². The van der Waals surface area contributed by atoms with Crippen molar-refractivity contribution in [2.45, 2.75) is 52.0 Å². The minimum atomic E-state index is -0.423. The first-order chi connectivity index (χ1) is 9.37. The molecule has 1 saturated heterocycles. The first-order valence-corrected chi connectivity index (χ1v) is 7.50. The summed E-state index contributed by atoms with van der Waals surface area (Å²) in [5.41, 5.74) is -0.0975. The highest BCUT2D eigenvalue weighted by atomic mass is 16.5. The summed E-state index contributed by atoms with van der Waals surface area (Å²) in [5, 5.41) is 6.19. The molecule has 0 radical (unpaired) electrons. The molecular formula is C15H27N3O2. The highest BCUT2D eigenvalue weighted by Crippen LogP contribution is 2.42. The number of ether oxygens (including phenoxy) is 1. The van der Waals surface area contributed by atoms with Crippen LogP contribution >= 0.6 is 0 Å². The van der Waals surface area contributed by atoms with E-state index in [-0.39, 0.29) is 5.91 Å². The van der Waals surface area contributed by atoms with Crippen LogP contribution in [0.1, 0.15) is 46.5 Å². The van der Waals surface area contributed by atoms with E-state index in [0.717, 1.165) is 25.7 Å². The summed E-state index contributed by atoms with van der Waals surface area (Å²) >= 11 is 0. The molecule has 1 saturated carbocycles. The third-order valence-corrected chi connectivity index (χ3v) is 4.65. The molecule has 1 spiro atoms. The fourth-order valence-corrected chi connectivity index (χ4v) is 3.20. The van der Waals surface area contributed by atoms with Crippen LogP contribution in [-0.2, 0) is 9.53 Å². The van der Waals surface area contributed by atoms with E-state index >= 15 is 0 Å². The molecule has 0 aromatic carbocycles. The zero-order valence-corrected chi connectivity index (χ0v) is 13.1. The fourth-order valence-electron chi connectivity index (χ4n) is 3.20. The Kier molecular flexibility index (Phi) is 4.37. The number of carbonyl (C=O) groups is 1. The summed E-state index contributed by atoms with van der Waals surface area (Å²) in [4.78, 5) is 16.6. The number of nitrogens with one attached hydrogen (secondary N) is 2. The van der Waals surface area contributed by atoms with Gasteiger partial charge in [-0.3, -0.25) is 15.1 Å². The third kappa shape index (κ3) is 3.14. The Balaban J connectivity index is 1.97. The van der Waals surface area contributed by atoms with Gasteiger partial charge >= 0.3 is 0 Å². The molecular weight excluding hydrogens is 254 g/mol. The second-order valence-corrected chi connectivity index (χ2v) is 7.02. The van der Waals surface area contributed by atoms with Crippen molar-refractivity contribution in [2.75, 3.05) is 20.3 Å². The summed E-state index contributed by atoms with van der Waals surface area (Å²) < 4.78 is 4.97. The minimum absolute atomic E-state index is 0.0843. The van der Waals surface area contributed by atoms with Crippen molar-refractivity contribution in [3.63, 3.8) is 0 Å². The average Bonchev–Trinajstić information content (AvgIpc) is 2.66. The number of guanidine groups is 1. The fraction of sp³-hybridized carbons (Fsp3) is 0.867. The molecule has 2 N–H and O–H groups in total. The van der Waals surface area contributed by atoms with Gasteiger partial charge < -0.3 is 10.1 Å². The maximum Gasteiger partial charge on any atom is 0.252 e. The maximum absolute atomic E-state index is 12.3. The van der Waals surface area contributed by atoms with Gasteiger partial charge in [-0.2, -0.15) is 0 Å². The molecule has 1 amide bonds. The van der Waals surface area contributed by atoms with Crippen molar-refractivity contribution in [1.82, 2.24) is 10.6 Å². The lowest BCUT2D eigenvalue weighted by molar-refractivity contribution is -0.125. The standard InChI is InChI=1S/C15H27N3O2/c1-14(2,3)11-5-7-15(8-6-11)12(19)17-13(18-15)16-9-10-20-4/h11H,5-10H2,1-4H3,(H2,16,17,18,19). The van der Waals surface area contributed by atoms with E-state index in [2.05, 4.69) is 36.4 Å². The van der Waals surface area contributed by atoms with Crippen LogP contribution in [0.4, 0.5) is 0 Å². The number of aliphatic imine (C=N–C) groups is 1. The lowest BCUT2D eigenvalue weighted by Gasteiger charge is -2.40. The van der Waals surface area contributed by atoms with Crippen molar-refractivity contribution in [3.05, 3.63) is 0 Å². The number of rotatable bonds is 3. The molecule has 0 aromatic heterocycles. The summed E-state index contributed by atoms with van der Waals surface area (Å²) in [5.74, 6) is 1.39. The Morgan fingerprint density at radius 3 is 2.55 bits per heavy atom. The van der Waals surface area contributed by atoms with E-state index in [4.69, 9.17) is 4.74 Å². The zero-order valence-electron chi connectivity index (χ0n) is 13.1. The third-order valence-electron chi connectivity index (χ3n) is 4.65. The van der Waals surface area contributed by atoms with Crippen molar-refractivity contribution in [3.8, 4) is 0 Å².